The predicted molar refractivity (Wildman–Crippen MR) is 80.4 cm³/mol. The van der Waals surface area contributed by atoms with Crippen molar-refractivity contribution in [2.75, 3.05) is 12.8 Å². The van der Waals surface area contributed by atoms with Crippen LogP contribution in [0.25, 0.3) is 0 Å². The van der Waals surface area contributed by atoms with Gasteiger partial charge in [-0.1, -0.05) is 27.5 Å². The molecule has 106 valence electrons. The average molecular weight is 369 g/mol. The number of hydrogen-bond donors (Lipinski definition) is 1. The van der Waals surface area contributed by atoms with Crippen molar-refractivity contribution in [3.63, 3.8) is 0 Å². The Hall–Kier alpha value is -0.590. The Balaban J connectivity index is 2.85. The standard InChI is InChI=1S/C12H15BrClNO3S/c1-12(2,19(3,17)18)7-15-11(16)9-6-8(13)4-5-10(9)14/h4-6H,7H2,1-3H3,(H,15,16). The molecule has 0 atom stereocenters. The van der Waals surface area contributed by atoms with E-state index in [1.54, 1.807) is 32.0 Å². The first-order chi connectivity index (χ1) is 8.54. The summed E-state index contributed by atoms with van der Waals surface area (Å²) in [5.74, 6) is -0.400. The van der Waals surface area contributed by atoms with Crippen LogP contribution in [0.5, 0.6) is 0 Å². The van der Waals surface area contributed by atoms with E-state index in [1.165, 1.54) is 0 Å². The van der Waals surface area contributed by atoms with E-state index in [-0.39, 0.29) is 6.54 Å². The molecule has 1 aromatic rings. The zero-order valence-electron chi connectivity index (χ0n) is 10.8. The van der Waals surface area contributed by atoms with Gasteiger partial charge in [-0.15, -0.1) is 0 Å². The van der Waals surface area contributed by atoms with Crippen molar-refractivity contribution >= 4 is 43.3 Å². The van der Waals surface area contributed by atoms with Crippen molar-refractivity contribution in [3.05, 3.63) is 33.3 Å². The second-order valence-electron chi connectivity index (χ2n) is 4.84. The largest absolute Gasteiger partial charge is 0.350 e. The molecule has 0 radical (unpaired) electrons. The van der Waals surface area contributed by atoms with Gasteiger partial charge in [0, 0.05) is 17.3 Å². The first-order valence-electron chi connectivity index (χ1n) is 5.47. The Kier molecular flexibility index (Phi) is 5.03. The molecule has 0 fully saturated rings. The molecule has 1 N–H and O–H groups in total. The number of carbonyl (C=O) groups is 1. The summed E-state index contributed by atoms with van der Waals surface area (Å²) in [7, 11) is -3.26. The van der Waals surface area contributed by atoms with Crippen molar-refractivity contribution in [1.82, 2.24) is 5.32 Å². The molecular formula is C12H15BrClNO3S. The topological polar surface area (TPSA) is 63.2 Å². The molecule has 4 nitrogen and oxygen atoms in total. The summed E-state index contributed by atoms with van der Waals surface area (Å²) < 4.78 is 22.8. The molecular weight excluding hydrogens is 354 g/mol. The molecule has 7 heteroatoms. The van der Waals surface area contributed by atoms with E-state index in [2.05, 4.69) is 21.2 Å². The molecule has 1 aromatic carbocycles. The molecule has 0 aliphatic rings. The number of hydrogen-bond acceptors (Lipinski definition) is 3. The zero-order chi connectivity index (χ0) is 14.8. The second kappa shape index (κ2) is 5.81. The number of halogens is 2. The Morgan fingerprint density at radius 3 is 2.53 bits per heavy atom. The van der Waals surface area contributed by atoms with Gasteiger partial charge in [0.05, 0.1) is 15.3 Å². The van der Waals surface area contributed by atoms with Crippen LogP contribution in [0.4, 0.5) is 0 Å². The summed E-state index contributed by atoms with van der Waals surface area (Å²) in [4.78, 5) is 12.0. The smallest absolute Gasteiger partial charge is 0.252 e. The summed E-state index contributed by atoms with van der Waals surface area (Å²) in [5.41, 5.74) is 0.306. The Bertz CT molecular complexity index is 599. The number of amides is 1. The van der Waals surface area contributed by atoms with Crippen molar-refractivity contribution < 1.29 is 13.2 Å². The van der Waals surface area contributed by atoms with Crippen LogP contribution in [0.3, 0.4) is 0 Å². The lowest BCUT2D eigenvalue weighted by Crippen LogP contribution is -2.43. The highest BCUT2D eigenvalue weighted by Gasteiger charge is 2.30. The van der Waals surface area contributed by atoms with Crippen LogP contribution >= 0.6 is 27.5 Å². The van der Waals surface area contributed by atoms with Crippen molar-refractivity contribution in [2.45, 2.75) is 18.6 Å². The quantitative estimate of drug-likeness (QED) is 0.888. The fourth-order valence-electron chi connectivity index (χ4n) is 1.19. The van der Waals surface area contributed by atoms with Gasteiger partial charge < -0.3 is 5.32 Å². The van der Waals surface area contributed by atoms with Crippen LogP contribution in [-0.4, -0.2) is 31.9 Å². The maximum Gasteiger partial charge on any atom is 0.252 e. The Morgan fingerprint density at radius 2 is 2.00 bits per heavy atom. The maximum atomic E-state index is 12.0. The minimum atomic E-state index is -3.26. The molecule has 0 saturated heterocycles. The number of nitrogens with one attached hydrogen (secondary N) is 1. The fourth-order valence-corrected chi connectivity index (χ4v) is 2.09. The minimum Gasteiger partial charge on any atom is -0.350 e. The molecule has 0 unspecified atom stereocenters. The molecule has 0 aliphatic heterocycles. The van der Waals surface area contributed by atoms with Crippen LogP contribution in [0.2, 0.25) is 5.02 Å². The highest BCUT2D eigenvalue weighted by Crippen LogP contribution is 2.21. The molecule has 0 aliphatic carbocycles. The second-order valence-corrected chi connectivity index (χ2v) is 8.81. The zero-order valence-corrected chi connectivity index (χ0v) is 14.0. The monoisotopic (exact) mass is 367 g/mol. The van der Waals surface area contributed by atoms with Gasteiger partial charge >= 0.3 is 0 Å². The molecule has 0 spiro atoms. The molecule has 19 heavy (non-hydrogen) atoms. The van der Waals surface area contributed by atoms with Gasteiger partial charge in [0.25, 0.3) is 5.91 Å². The van der Waals surface area contributed by atoms with E-state index in [0.29, 0.717) is 10.6 Å². The highest BCUT2D eigenvalue weighted by molar-refractivity contribution is 9.10. The van der Waals surface area contributed by atoms with E-state index < -0.39 is 20.5 Å². The Labute approximate surface area is 126 Å². The van der Waals surface area contributed by atoms with Crippen molar-refractivity contribution in [3.8, 4) is 0 Å². The van der Waals surface area contributed by atoms with Crippen molar-refractivity contribution in [2.24, 2.45) is 0 Å². The van der Waals surface area contributed by atoms with Crippen LogP contribution in [-0.2, 0) is 9.84 Å². The van der Waals surface area contributed by atoms with Gasteiger partial charge in [0.1, 0.15) is 0 Å². The van der Waals surface area contributed by atoms with Gasteiger partial charge in [-0.3, -0.25) is 4.79 Å². The third-order valence-corrected chi connectivity index (χ3v) is 5.83. The first-order valence-corrected chi connectivity index (χ1v) is 8.54. The number of sulfone groups is 1. The van der Waals surface area contributed by atoms with E-state index in [4.69, 9.17) is 11.6 Å². The summed E-state index contributed by atoms with van der Waals surface area (Å²) in [6.45, 7) is 3.14. The number of carbonyl (C=O) groups excluding carboxylic acids is 1. The molecule has 0 bridgehead atoms. The molecule has 1 rings (SSSR count). The van der Waals surface area contributed by atoms with Crippen LogP contribution in [0.1, 0.15) is 24.2 Å². The minimum absolute atomic E-state index is 0.0213. The SMILES string of the molecule is CC(C)(CNC(=O)c1cc(Br)ccc1Cl)S(C)(=O)=O. The average Bonchev–Trinajstić information content (AvgIpc) is 2.28. The summed E-state index contributed by atoms with van der Waals surface area (Å²) in [5, 5.41) is 2.91. The normalized spacial score (nSPS) is 12.3. The van der Waals surface area contributed by atoms with Gasteiger partial charge in [-0.25, -0.2) is 8.42 Å². The van der Waals surface area contributed by atoms with Crippen LogP contribution < -0.4 is 5.32 Å². The van der Waals surface area contributed by atoms with Crippen LogP contribution in [0, 0.1) is 0 Å². The number of rotatable bonds is 4. The van der Waals surface area contributed by atoms with E-state index in [9.17, 15) is 13.2 Å². The van der Waals surface area contributed by atoms with E-state index in [0.717, 1.165) is 10.7 Å². The maximum absolute atomic E-state index is 12.0. The third kappa shape index (κ3) is 4.19. The van der Waals surface area contributed by atoms with Gasteiger partial charge in [-0.2, -0.15) is 0 Å². The molecule has 0 saturated carbocycles. The van der Waals surface area contributed by atoms with E-state index >= 15 is 0 Å². The fraction of sp³-hybridized carbons (Fsp3) is 0.417. The Morgan fingerprint density at radius 1 is 1.42 bits per heavy atom. The van der Waals surface area contributed by atoms with Crippen LogP contribution in [0.15, 0.2) is 22.7 Å². The third-order valence-electron chi connectivity index (χ3n) is 2.85. The lowest BCUT2D eigenvalue weighted by molar-refractivity contribution is 0.0950. The highest BCUT2D eigenvalue weighted by atomic mass is 79.9. The molecule has 0 aromatic heterocycles. The lowest BCUT2D eigenvalue weighted by Gasteiger charge is -2.22. The summed E-state index contributed by atoms with van der Waals surface area (Å²) in [6, 6.07) is 4.91. The van der Waals surface area contributed by atoms with Gasteiger partial charge in [-0.05, 0) is 32.0 Å². The summed E-state index contributed by atoms with van der Waals surface area (Å²) in [6.07, 6.45) is 1.14. The molecule has 0 heterocycles. The van der Waals surface area contributed by atoms with Gasteiger partial charge in [0.15, 0.2) is 9.84 Å². The van der Waals surface area contributed by atoms with Crippen molar-refractivity contribution in [1.29, 1.82) is 0 Å². The molecule has 1 amide bonds. The first kappa shape index (κ1) is 16.5. The number of benzene rings is 1. The van der Waals surface area contributed by atoms with Gasteiger partial charge in [0.2, 0.25) is 0 Å². The summed E-state index contributed by atoms with van der Waals surface area (Å²) >= 11 is 9.18. The predicted octanol–water partition coefficient (Wildman–Crippen LogP) is 2.66. The van der Waals surface area contributed by atoms with E-state index in [1.807, 2.05) is 0 Å². The lowest BCUT2D eigenvalue weighted by atomic mass is 10.2.